The molecule has 94 valence electrons. The molecule has 1 atom stereocenters. The quantitative estimate of drug-likeness (QED) is 0.726. The van der Waals surface area contributed by atoms with Gasteiger partial charge in [-0.15, -0.1) is 0 Å². The number of hydrogen-bond acceptors (Lipinski definition) is 5. The summed E-state index contributed by atoms with van der Waals surface area (Å²) in [5, 5.41) is 17.7. The zero-order valence-corrected chi connectivity index (χ0v) is 9.54. The summed E-state index contributed by atoms with van der Waals surface area (Å²) in [6, 6.07) is 4.20. The summed E-state index contributed by atoms with van der Waals surface area (Å²) in [6.07, 6.45) is -0.931. The van der Waals surface area contributed by atoms with E-state index in [1.807, 2.05) is 0 Å². The second-order valence-corrected chi connectivity index (χ2v) is 3.20. The van der Waals surface area contributed by atoms with Crippen molar-refractivity contribution < 1.29 is 29.2 Å². The van der Waals surface area contributed by atoms with E-state index in [2.05, 4.69) is 0 Å². The molecule has 0 radical (unpaired) electrons. The van der Waals surface area contributed by atoms with Crippen LogP contribution in [0.1, 0.15) is 17.3 Å². The van der Waals surface area contributed by atoms with Gasteiger partial charge < -0.3 is 24.4 Å². The number of methoxy groups -OCH3 is 1. The molecule has 1 aromatic carbocycles. The van der Waals surface area contributed by atoms with E-state index < -0.39 is 12.3 Å². The van der Waals surface area contributed by atoms with E-state index in [0.29, 0.717) is 11.5 Å². The van der Waals surface area contributed by atoms with Crippen molar-refractivity contribution in [3.8, 4) is 11.5 Å². The van der Waals surface area contributed by atoms with Gasteiger partial charge in [-0.2, -0.15) is 0 Å². The van der Waals surface area contributed by atoms with E-state index in [9.17, 15) is 4.79 Å². The Bertz CT molecular complexity index is 388. The van der Waals surface area contributed by atoms with Crippen molar-refractivity contribution in [2.24, 2.45) is 0 Å². The average molecular weight is 242 g/mol. The number of aliphatic hydroxyl groups is 1. The molecule has 0 saturated carbocycles. The molecule has 0 spiro atoms. The van der Waals surface area contributed by atoms with Gasteiger partial charge in [0.1, 0.15) is 0 Å². The third-order valence-electron chi connectivity index (χ3n) is 1.93. The number of rotatable bonds is 6. The van der Waals surface area contributed by atoms with Crippen molar-refractivity contribution in [3.63, 3.8) is 0 Å². The van der Waals surface area contributed by atoms with Crippen LogP contribution in [0.3, 0.4) is 0 Å². The molecular formula is C11H14O6. The Hall–Kier alpha value is -1.79. The molecule has 0 heterocycles. The van der Waals surface area contributed by atoms with Crippen LogP contribution in [-0.4, -0.2) is 36.4 Å². The molecule has 0 aliphatic rings. The maximum atomic E-state index is 10.7. The van der Waals surface area contributed by atoms with E-state index in [-0.39, 0.29) is 12.4 Å². The smallest absolute Gasteiger partial charge is 0.335 e. The Kier molecular flexibility index (Phi) is 4.74. The summed E-state index contributed by atoms with van der Waals surface area (Å²) in [6.45, 7) is 1.30. The van der Waals surface area contributed by atoms with Gasteiger partial charge in [-0.25, -0.2) is 4.79 Å². The molecule has 17 heavy (non-hydrogen) atoms. The van der Waals surface area contributed by atoms with Crippen molar-refractivity contribution in [1.82, 2.24) is 0 Å². The molecule has 0 saturated heterocycles. The van der Waals surface area contributed by atoms with Crippen LogP contribution in [0.2, 0.25) is 0 Å². The van der Waals surface area contributed by atoms with Crippen molar-refractivity contribution in [2.45, 2.75) is 13.2 Å². The van der Waals surface area contributed by atoms with Gasteiger partial charge in [0.05, 0.1) is 12.7 Å². The highest BCUT2D eigenvalue weighted by Gasteiger charge is 2.10. The van der Waals surface area contributed by atoms with Crippen LogP contribution in [0.4, 0.5) is 0 Å². The first-order valence-corrected chi connectivity index (χ1v) is 4.88. The van der Waals surface area contributed by atoms with Gasteiger partial charge in [0, 0.05) is 0 Å². The van der Waals surface area contributed by atoms with E-state index in [4.69, 9.17) is 24.4 Å². The number of aliphatic hydroxyl groups excluding tert-OH is 1. The topological polar surface area (TPSA) is 85.2 Å². The number of benzene rings is 1. The van der Waals surface area contributed by atoms with E-state index in [0.717, 1.165) is 0 Å². The monoisotopic (exact) mass is 242 g/mol. The molecule has 1 aromatic rings. The zero-order valence-electron chi connectivity index (χ0n) is 9.54. The van der Waals surface area contributed by atoms with Gasteiger partial charge in [-0.1, -0.05) is 0 Å². The number of carboxylic acid groups (broad SMARTS) is 1. The van der Waals surface area contributed by atoms with Gasteiger partial charge in [-0.3, -0.25) is 0 Å². The minimum atomic E-state index is -1.05. The van der Waals surface area contributed by atoms with Crippen molar-refractivity contribution in [1.29, 1.82) is 0 Å². The molecule has 6 nitrogen and oxygen atoms in total. The second-order valence-electron chi connectivity index (χ2n) is 3.20. The molecular weight excluding hydrogens is 228 g/mol. The van der Waals surface area contributed by atoms with Gasteiger partial charge in [0.15, 0.2) is 24.6 Å². The fraction of sp³-hybridized carbons (Fsp3) is 0.364. The van der Waals surface area contributed by atoms with Gasteiger partial charge in [0.25, 0.3) is 0 Å². The number of carbonyl (C=O) groups is 1. The molecule has 1 rings (SSSR count). The van der Waals surface area contributed by atoms with E-state index >= 15 is 0 Å². The van der Waals surface area contributed by atoms with Crippen LogP contribution in [0.5, 0.6) is 11.5 Å². The Balaban J connectivity index is 2.75. The van der Waals surface area contributed by atoms with Crippen LogP contribution in [0, 0.1) is 0 Å². The summed E-state index contributed by atoms with van der Waals surface area (Å²) in [5.74, 6) is -0.410. The molecule has 1 unspecified atom stereocenters. The van der Waals surface area contributed by atoms with Crippen molar-refractivity contribution in [2.75, 3.05) is 13.9 Å². The Morgan fingerprint density at radius 1 is 1.41 bits per heavy atom. The lowest BCUT2D eigenvalue weighted by Crippen LogP contribution is -2.12. The molecule has 0 bridgehead atoms. The molecule has 0 amide bonds. The molecule has 0 aliphatic heterocycles. The van der Waals surface area contributed by atoms with Crippen LogP contribution in [0.25, 0.3) is 0 Å². The average Bonchev–Trinajstić information content (AvgIpc) is 2.28. The van der Waals surface area contributed by atoms with Crippen LogP contribution >= 0.6 is 0 Å². The SMILES string of the molecule is COc1cc(C(=O)O)ccc1OCOC(C)O. The Morgan fingerprint density at radius 2 is 2.12 bits per heavy atom. The first kappa shape index (κ1) is 13.3. The minimum absolute atomic E-state index is 0.102. The Morgan fingerprint density at radius 3 is 2.65 bits per heavy atom. The fourth-order valence-corrected chi connectivity index (χ4v) is 1.12. The normalized spacial score (nSPS) is 11.9. The standard InChI is InChI=1S/C11H14O6/c1-7(12)16-6-17-9-4-3-8(11(13)14)5-10(9)15-2/h3-5,7,12H,6H2,1-2H3,(H,13,14). The highest BCUT2D eigenvalue weighted by molar-refractivity contribution is 5.88. The second kappa shape index (κ2) is 6.07. The molecule has 6 heteroatoms. The first-order chi connectivity index (χ1) is 8.04. The predicted molar refractivity (Wildman–Crippen MR) is 58.2 cm³/mol. The largest absolute Gasteiger partial charge is 0.493 e. The summed E-state index contributed by atoms with van der Waals surface area (Å²) >= 11 is 0. The van der Waals surface area contributed by atoms with Crippen molar-refractivity contribution in [3.05, 3.63) is 23.8 Å². The third kappa shape index (κ3) is 3.93. The maximum Gasteiger partial charge on any atom is 0.335 e. The molecule has 0 fully saturated rings. The minimum Gasteiger partial charge on any atom is -0.493 e. The predicted octanol–water partition coefficient (Wildman–Crippen LogP) is 1.08. The lowest BCUT2D eigenvalue weighted by molar-refractivity contribution is -0.131. The maximum absolute atomic E-state index is 10.7. The van der Waals surface area contributed by atoms with Crippen molar-refractivity contribution >= 4 is 5.97 Å². The summed E-state index contributed by atoms with van der Waals surface area (Å²) in [5.41, 5.74) is 0.102. The number of carboxylic acids is 1. The summed E-state index contributed by atoms with van der Waals surface area (Å²) < 4.78 is 14.9. The highest BCUT2D eigenvalue weighted by atomic mass is 16.7. The van der Waals surface area contributed by atoms with Crippen LogP contribution < -0.4 is 9.47 Å². The van der Waals surface area contributed by atoms with Crippen LogP contribution in [-0.2, 0) is 4.74 Å². The molecule has 0 aliphatic carbocycles. The third-order valence-corrected chi connectivity index (χ3v) is 1.93. The lowest BCUT2D eigenvalue weighted by atomic mass is 10.2. The van der Waals surface area contributed by atoms with Gasteiger partial charge >= 0.3 is 5.97 Å². The van der Waals surface area contributed by atoms with Crippen LogP contribution in [0.15, 0.2) is 18.2 Å². The van der Waals surface area contributed by atoms with E-state index in [1.54, 1.807) is 0 Å². The van der Waals surface area contributed by atoms with Gasteiger partial charge in [-0.05, 0) is 25.1 Å². The summed E-state index contributed by atoms with van der Waals surface area (Å²) in [4.78, 5) is 10.7. The summed E-state index contributed by atoms with van der Waals surface area (Å²) in [7, 11) is 1.41. The molecule has 2 N–H and O–H groups in total. The number of hydrogen-bond donors (Lipinski definition) is 2. The highest BCUT2D eigenvalue weighted by Crippen LogP contribution is 2.28. The number of ether oxygens (including phenoxy) is 3. The molecule has 0 aromatic heterocycles. The Labute approximate surface area is 98.3 Å². The van der Waals surface area contributed by atoms with E-state index in [1.165, 1.54) is 32.2 Å². The number of aromatic carboxylic acids is 1. The lowest BCUT2D eigenvalue weighted by Gasteiger charge is -2.12. The first-order valence-electron chi connectivity index (χ1n) is 4.88. The van der Waals surface area contributed by atoms with Gasteiger partial charge in [0.2, 0.25) is 0 Å². The fourth-order valence-electron chi connectivity index (χ4n) is 1.12. The zero-order chi connectivity index (χ0) is 12.8.